The summed E-state index contributed by atoms with van der Waals surface area (Å²) in [6.45, 7) is 7.71. The number of fused-ring (bicyclic) bond motifs is 1. The molecule has 0 spiro atoms. The monoisotopic (exact) mass is 535 g/mol. The molecule has 0 aromatic heterocycles. The quantitative estimate of drug-likeness (QED) is 0.457. The van der Waals surface area contributed by atoms with Gasteiger partial charge in [-0.25, -0.2) is 9.79 Å². The number of allylic oxidation sites excluding steroid dienone is 1. The number of carbonyl (C=O) groups is 2. The summed E-state index contributed by atoms with van der Waals surface area (Å²) in [4.78, 5) is 33.2. The van der Waals surface area contributed by atoms with E-state index in [2.05, 4.69) is 5.32 Å². The maximum Gasteiger partial charge on any atom is 0.338 e. The second-order valence-corrected chi connectivity index (χ2v) is 10.8. The van der Waals surface area contributed by atoms with Gasteiger partial charge in [0.05, 0.1) is 38.0 Å². The lowest BCUT2D eigenvalue weighted by atomic mass is 9.92. The zero-order valence-electron chi connectivity index (χ0n) is 22.5. The molecule has 0 saturated heterocycles. The summed E-state index contributed by atoms with van der Waals surface area (Å²) in [6, 6.07) is 14.7. The highest BCUT2D eigenvalue weighted by molar-refractivity contribution is 8.16. The van der Waals surface area contributed by atoms with Crippen molar-refractivity contribution in [3.63, 3.8) is 0 Å². The third-order valence-corrected chi connectivity index (χ3v) is 6.91. The van der Waals surface area contributed by atoms with E-state index in [1.807, 2.05) is 73.5 Å². The van der Waals surface area contributed by atoms with Gasteiger partial charge < -0.3 is 24.4 Å². The molecule has 38 heavy (non-hydrogen) atoms. The van der Waals surface area contributed by atoms with Crippen molar-refractivity contribution in [1.29, 1.82) is 0 Å². The Morgan fingerprint density at radius 2 is 1.79 bits per heavy atom. The molecule has 4 rings (SSSR count). The van der Waals surface area contributed by atoms with Crippen LogP contribution in [-0.2, 0) is 20.9 Å². The number of methoxy groups -OCH3 is 2. The van der Waals surface area contributed by atoms with Crippen LogP contribution < -0.4 is 14.8 Å². The molecule has 0 saturated carbocycles. The average Bonchev–Trinajstić information content (AvgIpc) is 3.27. The molecule has 0 aliphatic carbocycles. The van der Waals surface area contributed by atoms with Gasteiger partial charge in [0, 0.05) is 17.8 Å². The summed E-state index contributed by atoms with van der Waals surface area (Å²) in [5.41, 5.74) is 2.68. The molecule has 0 radical (unpaired) electrons. The standard InChI is InChI=1S/C29H33N3O5S/c1-18-24(27(34)37-29(2,3)4)25(21-13-10-14-22(35-5)26(21)36-6)32-20(17-38-28(32)31-18)15-23(33)30-16-19-11-8-7-9-12-19/h7-14,17,25H,15-16H2,1-6H3,(H,30,33). The predicted octanol–water partition coefficient (Wildman–Crippen LogP) is 5.33. The number of ether oxygens (including phenoxy) is 3. The Balaban J connectivity index is 1.71. The number of rotatable bonds is 8. The van der Waals surface area contributed by atoms with Gasteiger partial charge in [0.2, 0.25) is 5.91 Å². The molecule has 200 valence electrons. The minimum absolute atomic E-state index is 0.113. The molecule has 8 nitrogen and oxygen atoms in total. The van der Waals surface area contributed by atoms with Crippen molar-refractivity contribution in [3.8, 4) is 11.5 Å². The molecule has 9 heteroatoms. The number of nitrogens with one attached hydrogen (secondary N) is 1. The summed E-state index contributed by atoms with van der Waals surface area (Å²) < 4.78 is 17.1. The number of hydrogen-bond donors (Lipinski definition) is 1. The zero-order chi connectivity index (χ0) is 27.4. The van der Waals surface area contributed by atoms with Crippen LogP contribution >= 0.6 is 11.8 Å². The second-order valence-electron chi connectivity index (χ2n) is 9.92. The fraction of sp³-hybridized carbons (Fsp3) is 0.345. The SMILES string of the molecule is COc1cccc(C2C(C(=O)OC(C)(C)C)=C(C)N=C3SC=C(CC(=O)NCc4ccccc4)N32)c1OC. The number of carbonyl (C=O) groups excluding carboxylic acids is 2. The lowest BCUT2D eigenvalue weighted by Gasteiger charge is -2.37. The van der Waals surface area contributed by atoms with E-state index in [0.717, 1.165) is 11.3 Å². The maximum atomic E-state index is 13.6. The Labute approximate surface area is 227 Å². The molecule has 1 amide bonds. The normalized spacial score (nSPS) is 16.9. The fourth-order valence-corrected chi connectivity index (χ4v) is 5.37. The van der Waals surface area contributed by atoms with Gasteiger partial charge in [0.15, 0.2) is 16.7 Å². The number of esters is 1. The van der Waals surface area contributed by atoms with Gasteiger partial charge in [-0.2, -0.15) is 0 Å². The summed E-state index contributed by atoms with van der Waals surface area (Å²) in [7, 11) is 3.13. The Kier molecular flexibility index (Phi) is 8.16. The van der Waals surface area contributed by atoms with Crippen molar-refractivity contribution < 1.29 is 23.8 Å². The number of aliphatic imine (C=N–C) groups is 1. The molecule has 1 unspecified atom stereocenters. The van der Waals surface area contributed by atoms with E-state index >= 15 is 0 Å². The third kappa shape index (κ3) is 5.88. The minimum atomic E-state index is -0.701. The van der Waals surface area contributed by atoms with Gasteiger partial charge in [0.25, 0.3) is 0 Å². The van der Waals surface area contributed by atoms with Crippen molar-refractivity contribution in [2.24, 2.45) is 4.99 Å². The smallest absolute Gasteiger partial charge is 0.338 e. The predicted molar refractivity (Wildman–Crippen MR) is 149 cm³/mol. The third-order valence-electron chi connectivity index (χ3n) is 6.02. The van der Waals surface area contributed by atoms with Crippen LogP contribution in [0.2, 0.25) is 0 Å². The molecule has 2 aromatic rings. The topological polar surface area (TPSA) is 89.5 Å². The summed E-state index contributed by atoms with van der Waals surface area (Å²) >= 11 is 1.42. The molecule has 2 aliphatic heterocycles. The summed E-state index contributed by atoms with van der Waals surface area (Å²) in [6.07, 6.45) is 0.113. The first-order chi connectivity index (χ1) is 18.1. The molecular weight excluding hydrogens is 502 g/mol. The van der Waals surface area contributed by atoms with Gasteiger partial charge in [-0.1, -0.05) is 54.2 Å². The highest BCUT2D eigenvalue weighted by atomic mass is 32.2. The number of amides is 1. The first-order valence-corrected chi connectivity index (χ1v) is 13.2. The highest BCUT2D eigenvalue weighted by Gasteiger charge is 2.43. The molecule has 0 fully saturated rings. The molecule has 2 aliphatic rings. The Morgan fingerprint density at radius 1 is 1.05 bits per heavy atom. The molecule has 1 N–H and O–H groups in total. The largest absolute Gasteiger partial charge is 0.493 e. The lowest BCUT2D eigenvalue weighted by Crippen LogP contribution is -2.39. The Bertz CT molecular complexity index is 1310. The van der Waals surface area contributed by atoms with Crippen LogP contribution in [0.4, 0.5) is 0 Å². The van der Waals surface area contributed by atoms with Gasteiger partial charge in [0.1, 0.15) is 5.60 Å². The maximum absolute atomic E-state index is 13.6. The summed E-state index contributed by atoms with van der Waals surface area (Å²) in [5.74, 6) is 0.425. The fourth-order valence-electron chi connectivity index (χ4n) is 4.41. The van der Waals surface area contributed by atoms with E-state index < -0.39 is 17.6 Å². The first kappa shape index (κ1) is 27.3. The number of benzene rings is 2. The van der Waals surface area contributed by atoms with Gasteiger partial charge in [-0.05, 0) is 44.7 Å². The van der Waals surface area contributed by atoms with Crippen LogP contribution in [0.3, 0.4) is 0 Å². The average molecular weight is 536 g/mol. The van der Waals surface area contributed by atoms with E-state index in [9.17, 15) is 9.59 Å². The van der Waals surface area contributed by atoms with Crippen molar-refractivity contribution in [2.75, 3.05) is 14.2 Å². The van der Waals surface area contributed by atoms with Crippen molar-refractivity contribution >= 4 is 28.8 Å². The Hall–Kier alpha value is -3.72. The van der Waals surface area contributed by atoms with Gasteiger partial charge in [-0.15, -0.1) is 0 Å². The molecule has 2 aromatic carbocycles. The molecule has 0 bridgehead atoms. The van der Waals surface area contributed by atoms with Crippen LogP contribution in [0.1, 0.15) is 51.3 Å². The number of thioether (sulfide) groups is 1. The van der Waals surface area contributed by atoms with E-state index in [1.165, 1.54) is 11.8 Å². The molecule has 2 heterocycles. The van der Waals surface area contributed by atoms with Crippen LogP contribution in [-0.4, -0.2) is 41.8 Å². The van der Waals surface area contributed by atoms with E-state index in [4.69, 9.17) is 19.2 Å². The van der Waals surface area contributed by atoms with E-state index in [-0.39, 0.29) is 12.3 Å². The summed E-state index contributed by atoms with van der Waals surface area (Å²) in [5, 5.41) is 5.57. The Morgan fingerprint density at radius 3 is 2.45 bits per heavy atom. The number of nitrogens with zero attached hydrogens (tertiary/aromatic N) is 2. The highest BCUT2D eigenvalue weighted by Crippen LogP contribution is 2.48. The van der Waals surface area contributed by atoms with Crippen LogP contribution in [0.5, 0.6) is 11.5 Å². The zero-order valence-corrected chi connectivity index (χ0v) is 23.3. The van der Waals surface area contributed by atoms with E-state index in [0.29, 0.717) is 40.0 Å². The van der Waals surface area contributed by atoms with E-state index in [1.54, 1.807) is 27.2 Å². The number of hydrogen-bond acceptors (Lipinski definition) is 8. The number of para-hydroxylation sites is 1. The second kappa shape index (κ2) is 11.3. The van der Waals surface area contributed by atoms with Crippen molar-refractivity contribution in [1.82, 2.24) is 10.2 Å². The lowest BCUT2D eigenvalue weighted by molar-refractivity contribution is -0.150. The molecule has 1 atom stereocenters. The first-order valence-electron chi connectivity index (χ1n) is 12.3. The van der Waals surface area contributed by atoms with Crippen LogP contribution in [0, 0.1) is 0 Å². The van der Waals surface area contributed by atoms with Gasteiger partial charge in [-0.3, -0.25) is 4.79 Å². The van der Waals surface area contributed by atoms with Crippen LogP contribution in [0.15, 0.2) is 75.9 Å². The van der Waals surface area contributed by atoms with Gasteiger partial charge >= 0.3 is 5.97 Å². The minimum Gasteiger partial charge on any atom is -0.493 e. The number of amidine groups is 1. The van der Waals surface area contributed by atoms with Crippen LogP contribution in [0.25, 0.3) is 0 Å². The molecular formula is C29H33N3O5S. The van der Waals surface area contributed by atoms with Crippen molar-refractivity contribution in [3.05, 3.63) is 82.0 Å². The van der Waals surface area contributed by atoms with Crippen molar-refractivity contribution in [2.45, 2.75) is 52.3 Å².